The maximum Gasteiger partial charge on any atom is 0.329 e. The first kappa shape index (κ1) is 99.3. The second-order valence-corrected chi connectivity index (χ2v) is 30.8. The molecule has 0 aromatic carbocycles. The summed E-state index contributed by atoms with van der Waals surface area (Å²) < 4.78 is 11.7. The maximum absolute atomic E-state index is 15.5. The van der Waals surface area contributed by atoms with Gasteiger partial charge in [-0.05, 0) is 126 Å². The van der Waals surface area contributed by atoms with Crippen molar-refractivity contribution in [3.8, 4) is 0 Å². The van der Waals surface area contributed by atoms with Gasteiger partial charge >= 0.3 is 17.9 Å². The number of hydrogen-bond acceptors (Lipinski definition) is 24. The number of carbonyl (C=O) groups excluding carboxylic acids is 14. The van der Waals surface area contributed by atoms with E-state index in [9.17, 15) is 93.0 Å². The summed E-state index contributed by atoms with van der Waals surface area (Å²) in [5.41, 5.74) is 23.0. The van der Waals surface area contributed by atoms with Gasteiger partial charge in [0.25, 0.3) is 5.91 Å². The van der Waals surface area contributed by atoms with Crippen molar-refractivity contribution in [2.45, 2.75) is 276 Å². The smallest absolute Gasteiger partial charge is 0.329 e. The van der Waals surface area contributed by atoms with Gasteiger partial charge in [-0.3, -0.25) is 71.9 Å². The molecular weight excluding hydrogens is 1470 g/mol. The Kier molecular flexibility index (Phi) is 42.9. The molecule has 0 aromatic rings. The Morgan fingerprint density at radius 1 is 0.634 bits per heavy atom. The third-order valence-corrected chi connectivity index (χ3v) is 20.8. The van der Waals surface area contributed by atoms with E-state index < -0.39 is 254 Å². The van der Waals surface area contributed by atoms with Gasteiger partial charge in [0, 0.05) is 51.9 Å². The lowest BCUT2D eigenvalue weighted by atomic mass is 9.85. The molecule has 2 fully saturated rings. The summed E-state index contributed by atoms with van der Waals surface area (Å²) in [6.07, 6.45) is -13.1. The average molecular weight is 1600 g/mol. The number of methoxy groups -OCH3 is 1. The highest BCUT2D eigenvalue weighted by molar-refractivity contribution is 5.99. The molecule has 638 valence electrons. The number of amides is 13. The second kappa shape index (κ2) is 48.3. The van der Waals surface area contributed by atoms with Gasteiger partial charge in [-0.15, -0.1) is 0 Å². The highest BCUT2D eigenvalue weighted by Gasteiger charge is 2.48. The molecule has 0 bridgehead atoms. The fraction of sp³-hybridized carbons (Fsp3) is 0.781. The first-order valence-corrected chi connectivity index (χ1v) is 38.4. The molecule has 39 nitrogen and oxygen atoms in total. The van der Waals surface area contributed by atoms with Gasteiger partial charge in [-0.1, -0.05) is 76.2 Å². The largest absolute Gasteiger partial charge is 0.481 e. The first-order chi connectivity index (χ1) is 52.3. The Bertz CT molecular complexity index is 3200. The van der Waals surface area contributed by atoms with Crippen LogP contribution in [0.5, 0.6) is 0 Å². The molecule has 0 radical (unpaired) electrons. The van der Waals surface area contributed by atoms with Crippen LogP contribution >= 0.6 is 0 Å². The van der Waals surface area contributed by atoms with Gasteiger partial charge < -0.3 is 121 Å². The number of nitrogens with two attached hydrogens (primary N) is 4. The number of aliphatic carboxylic acids is 2. The molecule has 112 heavy (non-hydrogen) atoms. The fourth-order valence-electron chi connectivity index (χ4n) is 13.2. The predicted molar refractivity (Wildman–Crippen MR) is 402 cm³/mol. The van der Waals surface area contributed by atoms with E-state index in [1.807, 2.05) is 13.8 Å². The minimum absolute atomic E-state index is 0.0133. The number of ether oxygens (including phenoxy) is 2. The summed E-state index contributed by atoms with van der Waals surface area (Å²) in [5.74, 6) is -25.4. The van der Waals surface area contributed by atoms with Crippen LogP contribution in [0, 0.1) is 47.3 Å². The third-order valence-electron chi connectivity index (χ3n) is 20.8. The second-order valence-electron chi connectivity index (χ2n) is 30.8. The standard InChI is InChI=1S/C73H127N15O24/c1-34(2)29-37(7)58(96)41(11)63(100)79-45(19-17-26-74)64(101)78-44(23-25-53(92)93)59(97)60(98)70(107)85-55(39(9)40(10)62(77)99)67(104)86-57-61(38(8)36(5)6)112-73(110)50-21-15-16-28-88(50)72(109)48(32-54(94)95)82-68(105)56(42(12)111-14)84-52(91)31-43(22-24-51(76)90)87(13)71(108)47(30-35(3)4)81-65(102)46(20-18-27-75)80-66(103)49(33-89)83-69(57)106/h34-50,55-61,89,96-98H,15-33,74-75H2,1-14H3,(H2,76,90)(H2,77,99)(H,78,101)(H,79,100)(H,80,103)(H,81,102)(H,82,105)(H,83,106)(H,84,91)(H,85,107)(H,86,104)(H,92,93)(H,94,95)/t37-,38-,39+,40-,41-,42-,43+,44+,45-,46-,47+,48-,49-,50+,55+,56+,57-,58-,59-,60-,61-/m1/s1. The molecule has 2 rings (SSSR count). The zero-order valence-corrected chi connectivity index (χ0v) is 67.0. The lowest BCUT2D eigenvalue weighted by Gasteiger charge is -2.39. The van der Waals surface area contributed by atoms with Crippen molar-refractivity contribution in [3.05, 3.63) is 0 Å². The van der Waals surface area contributed by atoms with Gasteiger partial charge in [0.05, 0.1) is 37.2 Å². The normalized spacial score (nSPS) is 24.4. The number of cyclic esters (lactones) is 1. The van der Waals surface area contributed by atoms with Crippen LogP contribution in [0.3, 0.4) is 0 Å². The van der Waals surface area contributed by atoms with Crippen LogP contribution in [0.15, 0.2) is 0 Å². The van der Waals surface area contributed by atoms with E-state index >= 15 is 14.4 Å². The molecule has 2 heterocycles. The van der Waals surface area contributed by atoms with Crippen LogP contribution in [-0.4, -0.2) is 273 Å². The number of fused-ring (bicyclic) bond motifs is 1. The number of carboxylic acids is 2. The monoisotopic (exact) mass is 1600 g/mol. The van der Waals surface area contributed by atoms with Gasteiger partial charge in [0.1, 0.15) is 66.6 Å². The summed E-state index contributed by atoms with van der Waals surface area (Å²) in [7, 11) is 2.45. The molecular formula is C73H127N15O24. The summed E-state index contributed by atoms with van der Waals surface area (Å²) in [4.78, 5) is 229. The zero-order valence-electron chi connectivity index (χ0n) is 67.0. The number of nitrogens with zero attached hydrogens (tertiary/aromatic N) is 2. The Hall–Kier alpha value is -8.76. The summed E-state index contributed by atoms with van der Waals surface area (Å²) >= 11 is 0. The van der Waals surface area contributed by atoms with Crippen molar-refractivity contribution in [1.29, 1.82) is 0 Å². The van der Waals surface area contributed by atoms with E-state index in [4.69, 9.17) is 32.4 Å². The fourth-order valence-corrected chi connectivity index (χ4v) is 13.2. The molecule has 0 aromatic heterocycles. The average Bonchev–Trinajstić information content (AvgIpc) is 0.802. The SMILES string of the molecule is CO[C@H](C)[C@@H]1NC(=O)C[C@H](CCC(N)=O)N(C)C(=O)[C@H](CC(C)C)NC(=O)[C@@H](CCCN)NC(=O)[C@@H](CO)NC(=O)[C@H](NC(=O)[C@@H](NC(=O)[C@H](O)[C@H](O)[C@H](CCC(=O)O)NC(=O)[C@@H](CCCN)NC(=O)[C@H](C)[C@H](O)[C@H](C)CC(C)C)[C@@H](C)[C@@H](C)C(N)=O)[C@@H]([C@H](C)C(C)C)OC(=O)[C@@H]2CCCCN2C(=O)[C@@H](CC(=O)O)NC1=O. The number of rotatable bonds is 38. The van der Waals surface area contributed by atoms with E-state index in [0.717, 1.165) is 9.80 Å². The molecule has 2 aliphatic heterocycles. The summed E-state index contributed by atoms with van der Waals surface area (Å²) in [6.45, 7) is 17.3. The summed E-state index contributed by atoms with van der Waals surface area (Å²) in [5, 5.41) is 87.8. The zero-order chi connectivity index (χ0) is 85.5. The van der Waals surface area contributed by atoms with E-state index in [0.29, 0.717) is 6.42 Å². The summed E-state index contributed by atoms with van der Waals surface area (Å²) in [6, 6.07) is -19.6. The van der Waals surface area contributed by atoms with Crippen molar-refractivity contribution in [2.24, 2.45) is 70.3 Å². The minimum Gasteiger partial charge on any atom is -0.481 e. The molecule has 2 aliphatic rings. The molecule has 21 atom stereocenters. The topological polar surface area (TPSA) is 632 Å². The number of primary amides is 2. The minimum atomic E-state index is -2.73. The van der Waals surface area contributed by atoms with Gasteiger partial charge in [0.2, 0.25) is 70.9 Å². The van der Waals surface area contributed by atoms with E-state index in [1.54, 1.807) is 34.6 Å². The van der Waals surface area contributed by atoms with Crippen molar-refractivity contribution in [1.82, 2.24) is 57.7 Å². The van der Waals surface area contributed by atoms with Crippen molar-refractivity contribution in [3.63, 3.8) is 0 Å². The molecule has 13 amide bonds. The lowest BCUT2D eigenvalue weighted by molar-refractivity contribution is -0.168. The van der Waals surface area contributed by atoms with Crippen molar-refractivity contribution >= 4 is 94.7 Å². The van der Waals surface area contributed by atoms with E-state index in [2.05, 4.69) is 47.9 Å². The number of carboxylic acid groups (broad SMARTS) is 2. The van der Waals surface area contributed by atoms with Crippen LogP contribution in [0.25, 0.3) is 0 Å². The van der Waals surface area contributed by atoms with Gasteiger partial charge in [0.15, 0.2) is 6.10 Å². The molecule has 23 N–H and O–H groups in total. The predicted octanol–water partition coefficient (Wildman–Crippen LogP) is -4.52. The maximum atomic E-state index is 15.5. The Morgan fingerprint density at radius 3 is 1.78 bits per heavy atom. The highest BCUT2D eigenvalue weighted by Crippen LogP contribution is 2.28. The molecule has 0 unspecified atom stereocenters. The molecule has 0 spiro atoms. The molecule has 0 aliphatic carbocycles. The van der Waals surface area contributed by atoms with E-state index in [-0.39, 0.29) is 102 Å². The Morgan fingerprint density at radius 2 is 1.23 bits per heavy atom. The number of esters is 1. The third kappa shape index (κ3) is 31.3. The Labute approximate surface area is 653 Å². The quantitative estimate of drug-likeness (QED) is 0.0259. The number of aliphatic hydroxyl groups excluding tert-OH is 4. The van der Waals surface area contributed by atoms with Crippen LogP contribution in [0.2, 0.25) is 0 Å². The molecule has 0 saturated carbocycles. The number of nitrogens with one attached hydrogen (secondary N) is 9. The Balaban J connectivity index is 3.13. The van der Waals surface area contributed by atoms with Crippen LogP contribution < -0.4 is 70.8 Å². The van der Waals surface area contributed by atoms with Crippen LogP contribution in [0.1, 0.15) is 179 Å². The van der Waals surface area contributed by atoms with Crippen LogP contribution in [-0.2, 0) is 86.2 Å². The van der Waals surface area contributed by atoms with Crippen molar-refractivity contribution < 1.29 is 117 Å². The number of aliphatic hydroxyl groups is 4. The number of likely N-dealkylation sites (N-methyl/N-ethyl adjacent to an activating group) is 1. The molecule has 39 heteroatoms. The molecule has 2 saturated heterocycles. The number of piperidine rings is 1. The number of carbonyl (C=O) groups is 16. The van der Waals surface area contributed by atoms with Crippen LogP contribution in [0.4, 0.5) is 0 Å². The lowest BCUT2D eigenvalue weighted by Crippen LogP contribution is -2.65. The van der Waals surface area contributed by atoms with E-state index in [1.165, 1.54) is 48.8 Å². The number of hydrogen-bond donors (Lipinski definition) is 19. The van der Waals surface area contributed by atoms with Crippen molar-refractivity contribution in [2.75, 3.05) is 40.4 Å². The van der Waals surface area contributed by atoms with Gasteiger partial charge in [-0.25, -0.2) is 4.79 Å². The van der Waals surface area contributed by atoms with Gasteiger partial charge in [-0.2, -0.15) is 0 Å². The first-order valence-electron chi connectivity index (χ1n) is 38.4. The highest BCUT2D eigenvalue weighted by atomic mass is 16.5.